The number of carbonyl (C=O) groups excluding carboxylic acids is 2. The molecule has 0 saturated heterocycles. The van der Waals surface area contributed by atoms with Gasteiger partial charge < -0.3 is 5.32 Å². The highest BCUT2D eigenvalue weighted by atomic mass is 32.2. The van der Waals surface area contributed by atoms with Crippen LogP contribution in [-0.4, -0.2) is 32.2 Å². The highest BCUT2D eigenvalue weighted by Gasteiger charge is 2.20. The van der Waals surface area contributed by atoms with E-state index in [1.165, 1.54) is 29.1 Å². The molecule has 4 aromatic rings. The summed E-state index contributed by atoms with van der Waals surface area (Å²) in [6.07, 6.45) is 1.80. The van der Waals surface area contributed by atoms with E-state index in [1.54, 1.807) is 41.7 Å². The molecule has 6 nitrogen and oxygen atoms in total. The number of nitrogens with one attached hydrogen (secondary N) is 1. The number of benzene rings is 2. The smallest absolute Gasteiger partial charge is 0.234 e. The molecule has 2 aromatic carbocycles. The number of aromatic nitrogens is 3. The lowest BCUT2D eigenvalue weighted by Gasteiger charge is -2.10. The van der Waals surface area contributed by atoms with Gasteiger partial charge in [-0.15, -0.1) is 28.1 Å². The van der Waals surface area contributed by atoms with Crippen molar-refractivity contribution >= 4 is 40.5 Å². The molecule has 0 aliphatic rings. The van der Waals surface area contributed by atoms with E-state index in [9.17, 15) is 9.59 Å². The minimum absolute atomic E-state index is 0.0470. The zero-order chi connectivity index (χ0) is 24.9. The van der Waals surface area contributed by atoms with Crippen molar-refractivity contribution in [3.05, 3.63) is 82.6 Å². The summed E-state index contributed by atoms with van der Waals surface area (Å²) in [6.45, 7) is 10.1. The summed E-state index contributed by atoms with van der Waals surface area (Å²) in [5.41, 5.74) is 5.66. The molecule has 1 amide bonds. The molecule has 4 rings (SSSR count). The van der Waals surface area contributed by atoms with Crippen LogP contribution in [0, 0.1) is 13.8 Å². The van der Waals surface area contributed by atoms with E-state index in [0.717, 1.165) is 22.5 Å². The summed E-state index contributed by atoms with van der Waals surface area (Å²) in [4.78, 5) is 25.4. The summed E-state index contributed by atoms with van der Waals surface area (Å²) in [5.74, 6) is 0.681. The number of aryl methyl sites for hydroxylation is 2. The van der Waals surface area contributed by atoms with E-state index < -0.39 is 0 Å². The fourth-order valence-electron chi connectivity index (χ4n) is 3.73. The molecule has 0 fully saturated rings. The predicted octanol–water partition coefficient (Wildman–Crippen LogP) is 6.41. The van der Waals surface area contributed by atoms with Crippen LogP contribution in [0.25, 0.3) is 22.5 Å². The Morgan fingerprint density at radius 3 is 2.63 bits per heavy atom. The van der Waals surface area contributed by atoms with Gasteiger partial charge in [-0.3, -0.25) is 14.2 Å². The molecular weight excluding hydrogens is 476 g/mol. The minimum Gasteiger partial charge on any atom is -0.325 e. The number of ketones is 1. The summed E-state index contributed by atoms with van der Waals surface area (Å²) in [7, 11) is 0. The van der Waals surface area contributed by atoms with E-state index in [1.807, 2.05) is 4.57 Å². The number of nitrogens with zero attached hydrogens (tertiary/aromatic N) is 3. The molecule has 35 heavy (non-hydrogen) atoms. The first-order valence-electron chi connectivity index (χ1n) is 11.1. The van der Waals surface area contributed by atoms with Crippen molar-refractivity contribution in [2.24, 2.45) is 0 Å². The van der Waals surface area contributed by atoms with Gasteiger partial charge in [-0.05, 0) is 38.5 Å². The van der Waals surface area contributed by atoms with Gasteiger partial charge in [0.2, 0.25) is 5.91 Å². The number of hydrogen-bond donors (Lipinski definition) is 1. The minimum atomic E-state index is -0.183. The van der Waals surface area contributed by atoms with Gasteiger partial charge in [0.15, 0.2) is 16.8 Å². The second-order valence-corrected chi connectivity index (χ2v) is 10.2. The van der Waals surface area contributed by atoms with Crippen LogP contribution in [0.15, 0.2) is 71.7 Å². The Bertz CT molecular complexity index is 1390. The molecule has 0 aliphatic heterocycles. The maximum Gasteiger partial charge on any atom is 0.234 e. The zero-order valence-corrected chi connectivity index (χ0v) is 21.5. The Morgan fingerprint density at radius 1 is 1.14 bits per heavy atom. The van der Waals surface area contributed by atoms with Crippen LogP contribution in [0.1, 0.15) is 27.7 Å². The Morgan fingerprint density at radius 2 is 1.91 bits per heavy atom. The third-order valence-electron chi connectivity index (χ3n) is 5.47. The molecular formula is C27H26N4O2S2. The fourth-order valence-corrected chi connectivity index (χ4v) is 5.34. The highest BCUT2D eigenvalue weighted by Crippen LogP contribution is 2.39. The lowest BCUT2D eigenvalue weighted by molar-refractivity contribution is -0.113. The van der Waals surface area contributed by atoms with E-state index in [4.69, 9.17) is 0 Å². The van der Waals surface area contributed by atoms with Gasteiger partial charge in [-0.25, -0.2) is 0 Å². The van der Waals surface area contributed by atoms with E-state index in [0.29, 0.717) is 23.0 Å². The third kappa shape index (κ3) is 5.61. The number of anilines is 1. The maximum atomic E-state index is 12.6. The normalized spacial score (nSPS) is 10.8. The largest absolute Gasteiger partial charge is 0.325 e. The number of rotatable bonds is 9. The number of allylic oxidation sites excluding steroid dienone is 1. The standard InChI is InChI=1S/C27H26N4O2S2/c1-5-13-31-26(23-15-34-19(4)25(23)20-11-9-17(2)10-12-20)29-30-27(31)35-16-24(33)28-22-8-6-7-21(14-22)18(3)32/h5-12,14-15H,1,13,16H2,2-4H3,(H,28,33). The first-order valence-corrected chi connectivity index (χ1v) is 13.0. The van der Waals surface area contributed by atoms with Crippen LogP contribution in [0.2, 0.25) is 0 Å². The van der Waals surface area contributed by atoms with Gasteiger partial charge >= 0.3 is 0 Å². The second kappa shape index (κ2) is 10.8. The molecule has 0 radical (unpaired) electrons. The van der Waals surface area contributed by atoms with Crippen LogP contribution >= 0.6 is 23.1 Å². The molecule has 2 heterocycles. The molecule has 0 saturated carbocycles. The Kier molecular flexibility index (Phi) is 7.63. The Labute approximate surface area is 213 Å². The molecule has 0 aliphatic carbocycles. The van der Waals surface area contributed by atoms with Gasteiger partial charge in [-0.1, -0.05) is 59.8 Å². The number of thioether (sulfide) groups is 1. The van der Waals surface area contributed by atoms with E-state index in [-0.39, 0.29) is 17.4 Å². The van der Waals surface area contributed by atoms with Crippen molar-refractivity contribution in [1.29, 1.82) is 0 Å². The average molecular weight is 503 g/mol. The molecule has 0 bridgehead atoms. The lowest BCUT2D eigenvalue weighted by Crippen LogP contribution is -2.15. The highest BCUT2D eigenvalue weighted by molar-refractivity contribution is 7.99. The van der Waals surface area contributed by atoms with Crippen LogP contribution in [-0.2, 0) is 11.3 Å². The summed E-state index contributed by atoms with van der Waals surface area (Å²) < 4.78 is 1.99. The SMILES string of the molecule is C=CCn1c(SCC(=O)Nc2cccc(C(C)=O)c2)nnc1-c1csc(C)c1-c1ccc(C)cc1. The monoisotopic (exact) mass is 502 g/mol. The number of amides is 1. The van der Waals surface area contributed by atoms with Crippen LogP contribution in [0.4, 0.5) is 5.69 Å². The lowest BCUT2D eigenvalue weighted by atomic mass is 10.0. The number of carbonyl (C=O) groups is 2. The van der Waals surface area contributed by atoms with E-state index >= 15 is 0 Å². The second-order valence-electron chi connectivity index (χ2n) is 8.13. The van der Waals surface area contributed by atoms with Crippen molar-refractivity contribution in [3.63, 3.8) is 0 Å². The predicted molar refractivity (Wildman–Crippen MR) is 144 cm³/mol. The first-order chi connectivity index (χ1) is 16.9. The van der Waals surface area contributed by atoms with Gasteiger partial charge in [0.1, 0.15) is 0 Å². The summed E-state index contributed by atoms with van der Waals surface area (Å²) in [5, 5.41) is 14.5. The van der Waals surface area contributed by atoms with Crippen molar-refractivity contribution < 1.29 is 9.59 Å². The van der Waals surface area contributed by atoms with Gasteiger partial charge in [0.05, 0.1) is 5.75 Å². The van der Waals surface area contributed by atoms with Crippen molar-refractivity contribution in [3.8, 4) is 22.5 Å². The van der Waals surface area contributed by atoms with Crippen molar-refractivity contribution in [2.75, 3.05) is 11.1 Å². The van der Waals surface area contributed by atoms with Crippen molar-refractivity contribution in [1.82, 2.24) is 14.8 Å². The number of hydrogen-bond acceptors (Lipinski definition) is 6. The van der Waals surface area contributed by atoms with Crippen molar-refractivity contribution in [2.45, 2.75) is 32.5 Å². The van der Waals surface area contributed by atoms with Crippen LogP contribution in [0.3, 0.4) is 0 Å². The third-order valence-corrected chi connectivity index (χ3v) is 7.35. The van der Waals surface area contributed by atoms with Gasteiger partial charge in [-0.2, -0.15) is 0 Å². The molecule has 8 heteroatoms. The maximum absolute atomic E-state index is 12.6. The summed E-state index contributed by atoms with van der Waals surface area (Å²) in [6, 6.07) is 15.4. The zero-order valence-electron chi connectivity index (χ0n) is 19.9. The summed E-state index contributed by atoms with van der Waals surface area (Å²) >= 11 is 3.00. The number of thiophene rings is 1. The molecule has 0 spiro atoms. The van der Waals surface area contributed by atoms with Crippen LogP contribution in [0.5, 0.6) is 0 Å². The van der Waals surface area contributed by atoms with Gasteiger partial charge in [0.25, 0.3) is 0 Å². The first kappa shape index (κ1) is 24.6. The Hall–Kier alpha value is -3.49. The van der Waals surface area contributed by atoms with E-state index in [2.05, 4.69) is 65.6 Å². The molecule has 2 aromatic heterocycles. The quantitative estimate of drug-likeness (QED) is 0.163. The van der Waals surface area contributed by atoms with Crippen LogP contribution < -0.4 is 5.32 Å². The topological polar surface area (TPSA) is 76.9 Å². The van der Waals surface area contributed by atoms with Gasteiger partial charge in [0, 0.05) is 39.2 Å². The molecule has 1 N–H and O–H groups in total. The molecule has 178 valence electrons. The fraction of sp³-hybridized carbons (Fsp3) is 0.185. The average Bonchev–Trinajstić information content (AvgIpc) is 3.41. The Balaban J connectivity index is 1.56. The molecule has 0 unspecified atom stereocenters. The number of Topliss-reactive ketones (excluding diaryl/α,β-unsaturated/α-hetero) is 1. The molecule has 0 atom stereocenters.